The highest BCUT2D eigenvalue weighted by atomic mass is 16.6. The second-order valence-electron chi connectivity index (χ2n) is 5.09. The van der Waals surface area contributed by atoms with Gasteiger partial charge in [-0.3, -0.25) is 0 Å². The van der Waals surface area contributed by atoms with Crippen molar-refractivity contribution in [2.24, 2.45) is 0 Å². The number of epoxide rings is 1. The lowest BCUT2D eigenvalue weighted by Gasteiger charge is -2.25. The number of ether oxygens (including phenoxy) is 1. The Hall–Kier alpha value is -0.860. The fourth-order valence-corrected chi connectivity index (χ4v) is 2.18. The quantitative estimate of drug-likeness (QED) is 0.754. The zero-order valence-corrected chi connectivity index (χ0v) is 9.74. The first-order chi connectivity index (χ1) is 6.81. The first-order valence-electron chi connectivity index (χ1n) is 5.29. The van der Waals surface area contributed by atoms with E-state index in [2.05, 4.69) is 0 Å². The van der Waals surface area contributed by atoms with E-state index in [0.29, 0.717) is 0 Å². The third kappa shape index (κ3) is 1.32. The predicted molar refractivity (Wildman–Crippen MR) is 59.6 cm³/mol. The molecule has 15 heavy (non-hydrogen) atoms. The van der Waals surface area contributed by atoms with E-state index in [1.54, 1.807) is 13.8 Å². The van der Waals surface area contributed by atoms with Gasteiger partial charge in [-0.1, -0.05) is 30.3 Å². The molecule has 2 atom stereocenters. The molecule has 0 radical (unpaired) electrons. The zero-order chi connectivity index (χ0) is 11.3. The first-order valence-corrected chi connectivity index (χ1v) is 5.29. The molecule has 2 heteroatoms. The lowest BCUT2D eigenvalue weighted by molar-refractivity contribution is 0.00242. The van der Waals surface area contributed by atoms with Crippen LogP contribution in [0.4, 0.5) is 0 Å². The van der Waals surface area contributed by atoms with Gasteiger partial charge in [0.15, 0.2) is 0 Å². The molecule has 0 unspecified atom stereocenters. The van der Waals surface area contributed by atoms with E-state index in [0.717, 1.165) is 5.56 Å². The second kappa shape index (κ2) is 2.83. The van der Waals surface area contributed by atoms with E-state index in [-0.39, 0.29) is 5.60 Å². The van der Waals surface area contributed by atoms with Crippen molar-refractivity contribution in [3.63, 3.8) is 0 Å². The van der Waals surface area contributed by atoms with Crippen LogP contribution in [0.5, 0.6) is 0 Å². The molecule has 1 aromatic rings. The largest absolute Gasteiger partial charge is 0.387 e. The standard InChI is InChI=1S/C13H18O2/c1-11(2,14)13(4)12(3,15-13)10-8-6-5-7-9-10/h5-9,14H,1-4H3/t12-,13-/m0/s1. The van der Waals surface area contributed by atoms with Crippen LogP contribution in [-0.4, -0.2) is 16.3 Å². The molecule has 1 aromatic carbocycles. The summed E-state index contributed by atoms with van der Waals surface area (Å²) in [6.07, 6.45) is 0. The van der Waals surface area contributed by atoms with Crippen LogP contribution in [0.2, 0.25) is 0 Å². The Labute approximate surface area is 90.9 Å². The molecule has 0 amide bonds. The summed E-state index contributed by atoms with van der Waals surface area (Å²) in [4.78, 5) is 0. The highest BCUT2D eigenvalue weighted by molar-refractivity contribution is 5.34. The van der Waals surface area contributed by atoms with Crippen molar-refractivity contribution in [2.45, 2.75) is 44.5 Å². The normalized spacial score (nSPS) is 35.3. The molecular weight excluding hydrogens is 188 g/mol. The molecule has 0 bridgehead atoms. The first kappa shape index (κ1) is 10.7. The lowest BCUT2D eigenvalue weighted by atomic mass is 9.79. The van der Waals surface area contributed by atoms with Crippen molar-refractivity contribution in [1.29, 1.82) is 0 Å². The molecule has 1 fully saturated rings. The maximum absolute atomic E-state index is 10.1. The monoisotopic (exact) mass is 206 g/mol. The van der Waals surface area contributed by atoms with Gasteiger partial charge in [-0.25, -0.2) is 0 Å². The molecule has 1 aliphatic heterocycles. The zero-order valence-electron chi connectivity index (χ0n) is 9.74. The summed E-state index contributed by atoms with van der Waals surface area (Å²) < 4.78 is 5.79. The van der Waals surface area contributed by atoms with Crippen LogP contribution >= 0.6 is 0 Å². The van der Waals surface area contributed by atoms with Crippen molar-refractivity contribution in [2.75, 3.05) is 0 Å². The van der Waals surface area contributed by atoms with E-state index < -0.39 is 11.2 Å². The smallest absolute Gasteiger partial charge is 0.127 e. The summed E-state index contributed by atoms with van der Waals surface area (Å²) in [5.74, 6) is 0. The Kier molecular flexibility index (Phi) is 2.01. The maximum Gasteiger partial charge on any atom is 0.127 e. The van der Waals surface area contributed by atoms with Crippen LogP contribution in [-0.2, 0) is 10.3 Å². The fraction of sp³-hybridized carbons (Fsp3) is 0.538. The molecule has 0 spiro atoms. The van der Waals surface area contributed by atoms with Crippen molar-refractivity contribution >= 4 is 0 Å². The molecule has 0 aliphatic carbocycles. The van der Waals surface area contributed by atoms with Crippen LogP contribution in [0.25, 0.3) is 0 Å². The van der Waals surface area contributed by atoms with Crippen LogP contribution in [0.15, 0.2) is 30.3 Å². The van der Waals surface area contributed by atoms with Gasteiger partial charge in [0, 0.05) is 0 Å². The van der Waals surface area contributed by atoms with Crippen LogP contribution in [0, 0.1) is 0 Å². The van der Waals surface area contributed by atoms with Crippen molar-refractivity contribution in [1.82, 2.24) is 0 Å². The Bertz CT molecular complexity index is 366. The minimum Gasteiger partial charge on any atom is -0.387 e. The van der Waals surface area contributed by atoms with Gasteiger partial charge in [0.25, 0.3) is 0 Å². The third-order valence-electron chi connectivity index (χ3n) is 3.77. The lowest BCUT2D eigenvalue weighted by Crippen LogP contribution is -2.41. The van der Waals surface area contributed by atoms with E-state index >= 15 is 0 Å². The summed E-state index contributed by atoms with van der Waals surface area (Å²) >= 11 is 0. The molecule has 1 N–H and O–H groups in total. The van der Waals surface area contributed by atoms with E-state index in [1.165, 1.54) is 0 Å². The topological polar surface area (TPSA) is 32.8 Å². The van der Waals surface area contributed by atoms with E-state index in [4.69, 9.17) is 4.74 Å². The van der Waals surface area contributed by atoms with Gasteiger partial charge < -0.3 is 9.84 Å². The van der Waals surface area contributed by atoms with Crippen molar-refractivity contribution in [3.05, 3.63) is 35.9 Å². The van der Waals surface area contributed by atoms with Crippen LogP contribution < -0.4 is 0 Å². The summed E-state index contributed by atoms with van der Waals surface area (Å²) in [5.41, 5.74) is -0.583. The Morgan fingerprint density at radius 1 is 1.13 bits per heavy atom. The van der Waals surface area contributed by atoms with Gasteiger partial charge in [-0.15, -0.1) is 0 Å². The van der Waals surface area contributed by atoms with Crippen LogP contribution in [0.3, 0.4) is 0 Å². The SMILES string of the molecule is CC(C)(O)[C@]1(C)O[C@@]1(C)c1ccccc1. The predicted octanol–water partition coefficient (Wildman–Crippen LogP) is 2.46. The Morgan fingerprint density at radius 2 is 1.67 bits per heavy atom. The van der Waals surface area contributed by atoms with Gasteiger partial charge in [-0.2, -0.15) is 0 Å². The molecule has 1 aliphatic rings. The molecule has 0 aromatic heterocycles. The van der Waals surface area contributed by atoms with Gasteiger partial charge >= 0.3 is 0 Å². The summed E-state index contributed by atoms with van der Waals surface area (Å²) in [6.45, 7) is 7.57. The maximum atomic E-state index is 10.1. The average molecular weight is 206 g/mol. The molecule has 82 valence electrons. The average Bonchev–Trinajstić information content (AvgIpc) is 2.74. The van der Waals surface area contributed by atoms with Gasteiger partial charge in [-0.05, 0) is 33.3 Å². The summed E-state index contributed by atoms with van der Waals surface area (Å²) in [7, 11) is 0. The molecule has 2 rings (SSSR count). The molecular formula is C13H18O2. The van der Waals surface area contributed by atoms with Gasteiger partial charge in [0.1, 0.15) is 11.2 Å². The van der Waals surface area contributed by atoms with Crippen LogP contribution in [0.1, 0.15) is 33.3 Å². The van der Waals surface area contributed by atoms with Gasteiger partial charge in [0.05, 0.1) is 5.60 Å². The fourth-order valence-electron chi connectivity index (χ4n) is 2.18. The highest BCUT2D eigenvalue weighted by Crippen LogP contribution is 2.60. The van der Waals surface area contributed by atoms with E-state index in [1.807, 2.05) is 44.2 Å². The number of hydrogen-bond acceptors (Lipinski definition) is 2. The second-order valence-corrected chi connectivity index (χ2v) is 5.09. The molecule has 0 saturated carbocycles. The third-order valence-corrected chi connectivity index (χ3v) is 3.77. The molecule has 1 saturated heterocycles. The highest BCUT2D eigenvalue weighted by Gasteiger charge is 2.71. The molecule has 1 heterocycles. The number of benzene rings is 1. The summed E-state index contributed by atoms with van der Waals surface area (Å²) in [6, 6.07) is 10.0. The van der Waals surface area contributed by atoms with E-state index in [9.17, 15) is 5.11 Å². The Balaban J connectivity index is 2.35. The Morgan fingerprint density at radius 3 is 2.07 bits per heavy atom. The summed E-state index contributed by atoms with van der Waals surface area (Å²) in [5, 5.41) is 10.1. The minimum atomic E-state index is -0.836. The molecule has 2 nitrogen and oxygen atoms in total. The number of hydrogen-bond donors (Lipinski definition) is 1. The van der Waals surface area contributed by atoms with Gasteiger partial charge in [0.2, 0.25) is 0 Å². The number of aliphatic hydroxyl groups is 1. The minimum absolute atomic E-state index is 0.369. The van der Waals surface area contributed by atoms with Crippen molar-refractivity contribution < 1.29 is 9.84 Å². The van der Waals surface area contributed by atoms with Crippen molar-refractivity contribution in [3.8, 4) is 0 Å². The number of rotatable bonds is 2.